The molecule has 4 rings (SSSR count). The van der Waals surface area contributed by atoms with Crippen LogP contribution in [0.3, 0.4) is 0 Å². The third kappa shape index (κ3) is 3.04. The zero-order chi connectivity index (χ0) is 15.6. The van der Waals surface area contributed by atoms with Crippen molar-refractivity contribution < 1.29 is 0 Å². The molecule has 4 heterocycles. The molecule has 1 aliphatic heterocycles. The number of aromatic nitrogens is 5. The number of imidazole rings is 1. The van der Waals surface area contributed by atoms with Gasteiger partial charge in [-0.2, -0.15) is 5.10 Å². The fraction of sp³-hybridized carbons (Fsp3) is 0.467. The van der Waals surface area contributed by atoms with Crippen molar-refractivity contribution in [2.24, 2.45) is 0 Å². The topological polar surface area (TPSA) is 80.0 Å². The van der Waals surface area contributed by atoms with Gasteiger partial charge in [0.25, 0.3) is 0 Å². The van der Waals surface area contributed by atoms with Gasteiger partial charge in [-0.05, 0) is 19.9 Å². The number of fused-ring (bicyclic) bond motifs is 2. The molecule has 0 fully saturated rings. The fourth-order valence-corrected chi connectivity index (χ4v) is 3.64. The molecule has 2 N–H and O–H groups in total. The van der Waals surface area contributed by atoms with Crippen molar-refractivity contribution in [1.29, 1.82) is 0 Å². The van der Waals surface area contributed by atoms with E-state index in [1.807, 2.05) is 17.6 Å². The lowest BCUT2D eigenvalue weighted by Gasteiger charge is -2.11. The quantitative estimate of drug-likeness (QED) is 0.749. The number of hydrogen-bond acceptors (Lipinski definition) is 7. The summed E-state index contributed by atoms with van der Waals surface area (Å²) >= 11 is 1.62. The Hall–Kier alpha value is -2.06. The van der Waals surface area contributed by atoms with E-state index < -0.39 is 0 Å². The fourth-order valence-electron chi connectivity index (χ4n) is 2.90. The van der Waals surface area contributed by atoms with Gasteiger partial charge < -0.3 is 10.6 Å². The highest BCUT2D eigenvalue weighted by Gasteiger charge is 2.14. The summed E-state index contributed by atoms with van der Waals surface area (Å²) in [6, 6.07) is 0. The van der Waals surface area contributed by atoms with Crippen LogP contribution >= 0.6 is 11.3 Å². The zero-order valence-corrected chi connectivity index (χ0v) is 13.9. The highest BCUT2D eigenvalue weighted by atomic mass is 32.1. The first-order chi connectivity index (χ1) is 11.3. The summed E-state index contributed by atoms with van der Waals surface area (Å²) in [4.78, 5) is 14.4. The molecule has 3 aromatic rings. The number of hydrogen-bond donors (Lipinski definition) is 2. The van der Waals surface area contributed by atoms with Crippen molar-refractivity contribution in [2.75, 3.05) is 25.0 Å². The van der Waals surface area contributed by atoms with Crippen molar-refractivity contribution in [2.45, 2.75) is 26.2 Å². The maximum atomic E-state index is 4.60. The Morgan fingerprint density at radius 2 is 2.22 bits per heavy atom. The highest BCUT2D eigenvalue weighted by Crippen LogP contribution is 2.18. The Morgan fingerprint density at radius 1 is 1.30 bits per heavy atom. The molecule has 8 heteroatoms. The number of nitrogens with zero attached hydrogens (tertiary/aromatic N) is 5. The molecule has 0 radical (unpaired) electrons. The van der Waals surface area contributed by atoms with Crippen molar-refractivity contribution in [1.82, 2.24) is 29.9 Å². The predicted octanol–water partition coefficient (Wildman–Crippen LogP) is 1.23. The Balaban J connectivity index is 1.43. The van der Waals surface area contributed by atoms with E-state index in [0.717, 1.165) is 66.1 Å². The maximum Gasteiger partial charge on any atom is 0.212 e. The normalized spacial score (nSPS) is 14.7. The van der Waals surface area contributed by atoms with Crippen LogP contribution in [-0.4, -0.2) is 44.2 Å². The summed E-state index contributed by atoms with van der Waals surface area (Å²) in [6.45, 7) is 4.77. The molecule has 120 valence electrons. The summed E-state index contributed by atoms with van der Waals surface area (Å²) in [7, 11) is 0. The second-order valence-corrected chi connectivity index (χ2v) is 6.81. The molecule has 7 nitrogen and oxygen atoms in total. The van der Waals surface area contributed by atoms with Crippen molar-refractivity contribution >= 4 is 22.1 Å². The summed E-state index contributed by atoms with van der Waals surface area (Å²) in [5.41, 5.74) is 3.47. The molecule has 0 saturated heterocycles. The first kappa shape index (κ1) is 14.5. The summed E-state index contributed by atoms with van der Waals surface area (Å²) in [5.74, 6) is 0.966. The minimum absolute atomic E-state index is 0.806. The third-order valence-electron chi connectivity index (χ3n) is 3.99. The Kier molecular flexibility index (Phi) is 3.92. The second-order valence-electron chi connectivity index (χ2n) is 5.65. The lowest BCUT2D eigenvalue weighted by molar-refractivity contribution is 0.708. The average Bonchev–Trinajstić information content (AvgIpc) is 2.94. The minimum Gasteiger partial charge on any atom is -0.369 e. The molecule has 0 atom stereocenters. The first-order valence-electron chi connectivity index (χ1n) is 7.88. The standard InChI is InChI=1S/C15H19N7S/c1-10-21-22-8-11(20-15(22)23-10)2-7-17-14-12-3-5-16-6-4-13(12)18-9-19-14/h8-9,16H,2-7H2,1H3,(H,17,18,19). The van der Waals surface area contributed by atoms with Crippen molar-refractivity contribution in [3.63, 3.8) is 0 Å². The van der Waals surface area contributed by atoms with Crippen LogP contribution in [0, 0.1) is 6.92 Å². The minimum atomic E-state index is 0.806. The largest absolute Gasteiger partial charge is 0.369 e. The first-order valence-corrected chi connectivity index (χ1v) is 8.70. The van der Waals surface area contributed by atoms with E-state index in [4.69, 9.17) is 0 Å². The van der Waals surface area contributed by atoms with Gasteiger partial charge in [0.2, 0.25) is 4.96 Å². The molecule has 1 aliphatic rings. The SMILES string of the molecule is Cc1nn2cc(CCNc3ncnc4c3CCNCC4)nc2s1. The van der Waals surface area contributed by atoms with E-state index in [9.17, 15) is 0 Å². The Labute approximate surface area is 138 Å². The Bertz CT molecular complexity index is 791. The third-order valence-corrected chi connectivity index (χ3v) is 4.83. The molecule has 0 spiro atoms. The van der Waals surface area contributed by atoms with E-state index in [-0.39, 0.29) is 0 Å². The van der Waals surface area contributed by atoms with Crippen LogP contribution < -0.4 is 10.6 Å². The van der Waals surface area contributed by atoms with Crippen LogP contribution in [0.1, 0.15) is 22.0 Å². The average molecular weight is 329 g/mol. The van der Waals surface area contributed by atoms with Gasteiger partial charge in [0.15, 0.2) is 0 Å². The number of rotatable bonds is 4. The molecular formula is C15H19N7S. The molecular weight excluding hydrogens is 310 g/mol. The van der Waals surface area contributed by atoms with E-state index in [2.05, 4.69) is 30.7 Å². The molecule has 0 aromatic carbocycles. The van der Waals surface area contributed by atoms with Crippen LogP contribution in [0.25, 0.3) is 4.96 Å². The number of nitrogens with one attached hydrogen (secondary N) is 2. The molecule has 0 saturated carbocycles. The lowest BCUT2D eigenvalue weighted by Crippen LogP contribution is -2.16. The van der Waals surface area contributed by atoms with E-state index in [1.165, 1.54) is 5.56 Å². The molecule has 0 aliphatic carbocycles. The van der Waals surface area contributed by atoms with Crippen LogP contribution in [-0.2, 0) is 19.3 Å². The van der Waals surface area contributed by atoms with Gasteiger partial charge in [-0.25, -0.2) is 19.5 Å². The smallest absolute Gasteiger partial charge is 0.212 e. The predicted molar refractivity (Wildman–Crippen MR) is 90.1 cm³/mol. The highest BCUT2D eigenvalue weighted by molar-refractivity contribution is 7.16. The van der Waals surface area contributed by atoms with Gasteiger partial charge in [0, 0.05) is 31.5 Å². The van der Waals surface area contributed by atoms with Crippen LogP contribution in [0.15, 0.2) is 12.5 Å². The van der Waals surface area contributed by atoms with Crippen LogP contribution in [0.2, 0.25) is 0 Å². The van der Waals surface area contributed by atoms with Gasteiger partial charge in [-0.15, -0.1) is 0 Å². The van der Waals surface area contributed by atoms with Crippen molar-refractivity contribution in [3.8, 4) is 0 Å². The van der Waals surface area contributed by atoms with E-state index in [0.29, 0.717) is 0 Å². The summed E-state index contributed by atoms with van der Waals surface area (Å²) in [6.07, 6.45) is 6.46. The van der Waals surface area contributed by atoms with Gasteiger partial charge >= 0.3 is 0 Å². The van der Waals surface area contributed by atoms with Gasteiger partial charge in [0.1, 0.15) is 17.2 Å². The number of aryl methyl sites for hydroxylation is 1. The van der Waals surface area contributed by atoms with Crippen LogP contribution in [0.5, 0.6) is 0 Å². The maximum absolute atomic E-state index is 4.60. The molecule has 0 bridgehead atoms. The summed E-state index contributed by atoms with van der Waals surface area (Å²) < 4.78 is 1.86. The van der Waals surface area contributed by atoms with Crippen LogP contribution in [0.4, 0.5) is 5.82 Å². The molecule has 0 amide bonds. The van der Waals surface area contributed by atoms with Crippen molar-refractivity contribution in [3.05, 3.63) is 34.5 Å². The van der Waals surface area contributed by atoms with E-state index >= 15 is 0 Å². The number of anilines is 1. The second kappa shape index (κ2) is 6.21. The van der Waals surface area contributed by atoms with Gasteiger partial charge in [-0.1, -0.05) is 11.3 Å². The molecule has 0 unspecified atom stereocenters. The van der Waals surface area contributed by atoms with E-state index in [1.54, 1.807) is 17.7 Å². The lowest BCUT2D eigenvalue weighted by atomic mass is 10.1. The molecule has 3 aromatic heterocycles. The van der Waals surface area contributed by atoms with Gasteiger partial charge in [-0.3, -0.25) is 0 Å². The zero-order valence-electron chi connectivity index (χ0n) is 13.0. The Morgan fingerprint density at radius 3 is 3.13 bits per heavy atom. The van der Waals surface area contributed by atoms with Gasteiger partial charge in [0.05, 0.1) is 17.6 Å². The summed E-state index contributed by atoms with van der Waals surface area (Å²) in [5, 5.41) is 12.3. The molecule has 23 heavy (non-hydrogen) atoms. The monoisotopic (exact) mass is 329 g/mol.